The number of hydrogen-bond donors (Lipinski definition) is 0. The Balaban J connectivity index is 2.63. The molecule has 0 aliphatic heterocycles. The van der Waals surface area contributed by atoms with E-state index in [4.69, 9.17) is 13.3 Å². The molecule has 0 saturated heterocycles. The number of rotatable bonds is 10. The summed E-state index contributed by atoms with van der Waals surface area (Å²) in [6.07, 6.45) is 1.10. The predicted molar refractivity (Wildman–Crippen MR) is 80.0 cm³/mol. The SMILES string of the molecule is CCO[Si](CCCCc1cc(F)c(F)c(F)c1F)(OC)OCC. The molecule has 132 valence electrons. The van der Waals surface area contributed by atoms with Crippen LogP contribution in [0.4, 0.5) is 17.6 Å². The molecule has 0 heterocycles. The molecule has 0 bridgehead atoms. The minimum absolute atomic E-state index is 0.0897. The smallest absolute Gasteiger partial charge is 0.377 e. The van der Waals surface area contributed by atoms with E-state index in [0.717, 1.165) is 0 Å². The first-order valence-corrected chi connectivity index (χ1v) is 9.48. The minimum Gasteiger partial charge on any atom is -0.377 e. The van der Waals surface area contributed by atoms with Crippen LogP contribution in [0.3, 0.4) is 0 Å². The lowest BCUT2D eigenvalue weighted by Gasteiger charge is -2.27. The van der Waals surface area contributed by atoms with Crippen molar-refractivity contribution in [2.75, 3.05) is 20.3 Å². The fourth-order valence-electron chi connectivity index (χ4n) is 2.31. The topological polar surface area (TPSA) is 27.7 Å². The maximum atomic E-state index is 13.6. The van der Waals surface area contributed by atoms with Gasteiger partial charge in [0.25, 0.3) is 0 Å². The van der Waals surface area contributed by atoms with Crippen molar-refractivity contribution in [3.8, 4) is 0 Å². The molecule has 0 unspecified atom stereocenters. The summed E-state index contributed by atoms with van der Waals surface area (Å²) in [5.41, 5.74) is -0.182. The average molecular weight is 354 g/mol. The molecule has 1 aromatic rings. The van der Waals surface area contributed by atoms with Crippen molar-refractivity contribution in [3.63, 3.8) is 0 Å². The van der Waals surface area contributed by atoms with Gasteiger partial charge in [-0.25, -0.2) is 17.6 Å². The second kappa shape index (κ2) is 9.36. The summed E-state index contributed by atoms with van der Waals surface area (Å²) < 4.78 is 69.4. The molecule has 3 nitrogen and oxygen atoms in total. The first kappa shape index (κ1) is 20.1. The molecular weight excluding hydrogens is 332 g/mol. The molecule has 23 heavy (non-hydrogen) atoms. The second-order valence-electron chi connectivity index (χ2n) is 4.92. The van der Waals surface area contributed by atoms with E-state index in [9.17, 15) is 17.6 Å². The Morgan fingerprint density at radius 3 is 2.04 bits per heavy atom. The highest BCUT2D eigenvalue weighted by Crippen LogP contribution is 2.23. The summed E-state index contributed by atoms with van der Waals surface area (Å²) in [5.74, 6) is -6.29. The van der Waals surface area contributed by atoms with Gasteiger partial charge in [0, 0.05) is 26.4 Å². The Morgan fingerprint density at radius 1 is 0.913 bits per heavy atom. The maximum absolute atomic E-state index is 13.6. The van der Waals surface area contributed by atoms with Gasteiger partial charge in [-0.15, -0.1) is 0 Å². The summed E-state index contributed by atoms with van der Waals surface area (Å²) in [4.78, 5) is 0. The van der Waals surface area contributed by atoms with Gasteiger partial charge in [-0.1, -0.05) is 0 Å². The lowest BCUT2D eigenvalue weighted by molar-refractivity contribution is 0.0860. The van der Waals surface area contributed by atoms with Crippen LogP contribution in [0.15, 0.2) is 6.07 Å². The summed E-state index contributed by atoms with van der Waals surface area (Å²) >= 11 is 0. The Hall–Kier alpha value is -0.963. The van der Waals surface area contributed by atoms with Crippen molar-refractivity contribution in [1.29, 1.82) is 0 Å². The molecule has 8 heteroatoms. The van der Waals surface area contributed by atoms with Gasteiger partial charge in [0.15, 0.2) is 23.3 Å². The van der Waals surface area contributed by atoms with E-state index in [1.165, 1.54) is 7.11 Å². The molecule has 0 saturated carbocycles. The lowest BCUT2D eigenvalue weighted by Crippen LogP contribution is -2.44. The fraction of sp³-hybridized carbons (Fsp3) is 0.600. The Morgan fingerprint density at radius 2 is 1.52 bits per heavy atom. The van der Waals surface area contributed by atoms with Gasteiger partial charge in [-0.05, 0) is 44.7 Å². The zero-order valence-electron chi connectivity index (χ0n) is 13.6. The van der Waals surface area contributed by atoms with Crippen molar-refractivity contribution < 1.29 is 30.8 Å². The van der Waals surface area contributed by atoms with Gasteiger partial charge in [0.2, 0.25) is 0 Å². The van der Waals surface area contributed by atoms with Crippen LogP contribution in [-0.2, 0) is 19.7 Å². The zero-order chi connectivity index (χ0) is 17.5. The Labute approximate surface area is 134 Å². The Bertz CT molecular complexity index is 508. The third-order valence-corrected chi connectivity index (χ3v) is 6.44. The van der Waals surface area contributed by atoms with E-state index >= 15 is 0 Å². The van der Waals surface area contributed by atoms with Crippen molar-refractivity contribution in [2.24, 2.45) is 0 Å². The molecule has 0 aromatic heterocycles. The first-order chi connectivity index (χ1) is 10.9. The van der Waals surface area contributed by atoms with Gasteiger partial charge in [-0.2, -0.15) is 0 Å². The largest absolute Gasteiger partial charge is 0.500 e. The van der Waals surface area contributed by atoms with Gasteiger partial charge in [0.05, 0.1) is 0 Å². The highest BCUT2D eigenvalue weighted by Gasteiger charge is 2.38. The number of benzene rings is 1. The molecule has 0 amide bonds. The van der Waals surface area contributed by atoms with Crippen LogP contribution in [-0.4, -0.2) is 29.1 Å². The van der Waals surface area contributed by atoms with Gasteiger partial charge < -0.3 is 13.3 Å². The van der Waals surface area contributed by atoms with E-state index in [1.807, 2.05) is 13.8 Å². The molecule has 0 radical (unpaired) electrons. The van der Waals surface area contributed by atoms with Crippen LogP contribution in [0.1, 0.15) is 32.3 Å². The van der Waals surface area contributed by atoms with Crippen molar-refractivity contribution in [2.45, 2.75) is 39.2 Å². The van der Waals surface area contributed by atoms with Crippen LogP contribution >= 0.6 is 0 Å². The van der Waals surface area contributed by atoms with E-state index in [1.54, 1.807) is 0 Å². The summed E-state index contributed by atoms with van der Waals surface area (Å²) in [5, 5.41) is 0. The normalized spacial score (nSPS) is 12.0. The van der Waals surface area contributed by atoms with Crippen molar-refractivity contribution in [1.82, 2.24) is 0 Å². The van der Waals surface area contributed by atoms with E-state index < -0.39 is 32.1 Å². The minimum atomic E-state index is -2.75. The quantitative estimate of drug-likeness (QED) is 0.207. The number of unbranched alkanes of at least 4 members (excludes halogenated alkanes) is 1. The highest BCUT2D eigenvalue weighted by molar-refractivity contribution is 6.60. The molecule has 0 aliphatic carbocycles. The van der Waals surface area contributed by atoms with E-state index in [0.29, 0.717) is 38.2 Å². The van der Waals surface area contributed by atoms with E-state index in [2.05, 4.69) is 0 Å². The third-order valence-electron chi connectivity index (χ3n) is 3.40. The lowest BCUT2D eigenvalue weighted by atomic mass is 10.1. The standard InChI is InChI=1S/C15H22F4O3Si/c1-4-21-23(20-3,22-5-2)9-7-6-8-11-10-12(16)14(18)15(19)13(11)17/h10H,4-9H2,1-3H3. The fourth-order valence-corrected chi connectivity index (χ4v) is 4.68. The number of hydrogen-bond acceptors (Lipinski definition) is 3. The monoisotopic (exact) mass is 354 g/mol. The van der Waals surface area contributed by atoms with Crippen LogP contribution in [0.25, 0.3) is 0 Å². The summed E-state index contributed by atoms with van der Waals surface area (Å²) in [7, 11) is -1.24. The average Bonchev–Trinajstić information content (AvgIpc) is 2.54. The number of halogens is 4. The molecular formula is C15H22F4O3Si. The highest BCUT2D eigenvalue weighted by atomic mass is 28.4. The Kier molecular flexibility index (Phi) is 8.17. The van der Waals surface area contributed by atoms with Crippen LogP contribution in [0, 0.1) is 23.3 Å². The summed E-state index contributed by atoms with van der Waals surface area (Å²) in [6.45, 7) is 4.56. The zero-order valence-corrected chi connectivity index (χ0v) is 14.6. The van der Waals surface area contributed by atoms with Crippen LogP contribution in [0.2, 0.25) is 6.04 Å². The van der Waals surface area contributed by atoms with E-state index in [-0.39, 0.29) is 12.0 Å². The predicted octanol–water partition coefficient (Wildman–Crippen LogP) is 4.22. The molecule has 1 rings (SSSR count). The second-order valence-corrected chi connectivity index (χ2v) is 7.77. The van der Waals surface area contributed by atoms with Crippen molar-refractivity contribution >= 4 is 8.80 Å². The van der Waals surface area contributed by atoms with Gasteiger partial charge >= 0.3 is 8.80 Å². The van der Waals surface area contributed by atoms with Gasteiger partial charge in [-0.3, -0.25) is 0 Å². The van der Waals surface area contributed by atoms with Crippen molar-refractivity contribution in [3.05, 3.63) is 34.9 Å². The molecule has 0 aliphatic rings. The van der Waals surface area contributed by atoms with Crippen LogP contribution in [0.5, 0.6) is 0 Å². The molecule has 0 fully saturated rings. The molecule has 1 aromatic carbocycles. The van der Waals surface area contributed by atoms with Gasteiger partial charge in [0.1, 0.15) is 0 Å². The third kappa shape index (κ3) is 5.27. The molecule has 0 atom stereocenters. The number of aryl methyl sites for hydroxylation is 1. The molecule has 0 N–H and O–H groups in total. The summed E-state index contributed by atoms with van der Waals surface area (Å²) in [6, 6.07) is 1.21. The maximum Gasteiger partial charge on any atom is 0.500 e. The molecule has 0 spiro atoms. The first-order valence-electron chi connectivity index (χ1n) is 7.55. The van der Waals surface area contributed by atoms with Crippen LogP contribution < -0.4 is 0 Å².